The lowest BCUT2D eigenvalue weighted by atomic mass is 10.0. The molecule has 0 bridgehead atoms. The lowest BCUT2D eigenvalue weighted by Crippen LogP contribution is -2.58. The van der Waals surface area contributed by atoms with Crippen LogP contribution in [0.15, 0.2) is 30.5 Å². The van der Waals surface area contributed by atoms with E-state index in [9.17, 15) is 34.2 Å². The molecule has 202 valence electrons. The molecule has 0 aliphatic rings. The van der Waals surface area contributed by atoms with E-state index in [0.29, 0.717) is 5.56 Å². The highest BCUT2D eigenvalue weighted by molar-refractivity contribution is 7.80. The number of carboxylic acid groups (broad SMARTS) is 1. The molecule has 1 aromatic carbocycles. The maximum Gasteiger partial charge on any atom is 0.326 e. The largest absolute Gasteiger partial charge is 0.480 e. The molecular weight excluding hydrogens is 504 g/mol. The number of H-pyrrole nitrogens is 1. The number of amides is 4. The number of carbonyl (C=O) groups is 5. The third kappa shape index (κ3) is 8.48. The van der Waals surface area contributed by atoms with Gasteiger partial charge in [-0.05, 0) is 25.0 Å². The second kappa shape index (κ2) is 13.6. The summed E-state index contributed by atoms with van der Waals surface area (Å²) in [6.45, 7) is 1.29. The second-order valence-corrected chi connectivity index (χ2v) is 8.90. The van der Waals surface area contributed by atoms with Crippen LogP contribution in [-0.2, 0) is 30.4 Å². The predicted molar refractivity (Wildman–Crippen MR) is 137 cm³/mol. The molecule has 0 aliphatic carbocycles. The van der Waals surface area contributed by atoms with E-state index in [4.69, 9.17) is 11.5 Å². The predicted octanol–water partition coefficient (Wildman–Crippen LogP) is -1.85. The molecule has 14 heteroatoms. The van der Waals surface area contributed by atoms with Crippen molar-refractivity contribution in [2.24, 2.45) is 11.5 Å². The lowest BCUT2D eigenvalue weighted by molar-refractivity contribution is -0.142. The molecule has 4 amide bonds. The average Bonchev–Trinajstić information content (AvgIpc) is 3.26. The van der Waals surface area contributed by atoms with Crippen molar-refractivity contribution in [2.75, 3.05) is 5.75 Å². The van der Waals surface area contributed by atoms with Crippen molar-refractivity contribution in [1.82, 2.24) is 20.9 Å². The molecule has 0 fully saturated rings. The summed E-state index contributed by atoms with van der Waals surface area (Å²) in [5, 5.41) is 27.2. The van der Waals surface area contributed by atoms with Gasteiger partial charge in [-0.2, -0.15) is 12.6 Å². The molecule has 0 radical (unpaired) electrons. The van der Waals surface area contributed by atoms with Gasteiger partial charge in [0.2, 0.25) is 23.6 Å². The van der Waals surface area contributed by atoms with Crippen molar-refractivity contribution >= 4 is 53.1 Å². The fraction of sp³-hybridized carbons (Fsp3) is 0.435. The van der Waals surface area contributed by atoms with Crippen LogP contribution in [0.3, 0.4) is 0 Å². The summed E-state index contributed by atoms with van der Waals surface area (Å²) >= 11 is 4.08. The summed E-state index contributed by atoms with van der Waals surface area (Å²) in [7, 11) is 0. The number of nitrogens with two attached hydrogens (primary N) is 2. The first-order chi connectivity index (χ1) is 17.4. The number of carboxylic acids is 1. The highest BCUT2D eigenvalue weighted by atomic mass is 32.1. The van der Waals surface area contributed by atoms with Gasteiger partial charge in [-0.15, -0.1) is 0 Å². The van der Waals surface area contributed by atoms with E-state index in [-0.39, 0.29) is 25.0 Å². The number of fused-ring (bicyclic) bond motifs is 1. The number of aromatic amines is 1. The molecule has 1 aromatic heterocycles. The number of aliphatic carboxylic acids is 1. The van der Waals surface area contributed by atoms with E-state index in [1.54, 1.807) is 6.20 Å². The van der Waals surface area contributed by atoms with Crippen LogP contribution in [0.2, 0.25) is 0 Å². The van der Waals surface area contributed by atoms with Crippen molar-refractivity contribution in [2.45, 2.75) is 56.5 Å². The third-order valence-electron chi connectivity index (χ3n) is 5.66. The third-order valence-corrected chi connectivity index (χ3v) is 6.03. The fourth-order valence-electron chi connectivity index (χ4n) is 3.50. The molecule has 2 aromatic rings. The Hall–Kier alpha value is -3.62. The zero-order chi connectivity index (χ0) is 27.7. The normalized spacial score (nSPS) is 15.1. The van der Waals surface area contributed by atoms with Gasteiger partial charge in [0.15, 0.2) is 0 Å². The highest BCUT2D eigenvalue weighted by Gasteiger charge is 2.31. The molecular formula is C23H32N6O7S. The molecule has 0 saturated carbocycles. The summed E-state index contributed by atoms with van der Waals surface area (Å²) in [6.07, 6.45) is -0.0211. The Morgan fingerprint density at radius 3 is 2.19 bits per heavy atom. The second-order valence-electron chi connectivity index (χ2n) is 8.54. The Balaban J connectivity index is 2.11. The molecule has 5 unspecified atom stereocenters. The van der Waals surface area contributed by atoms with Gasteiger partial charge in [0, 0.05) is 35.7 Å². The minimum Gasteiger partial charge on any atom is -0.480 e. The zero-order valence-corrected chi connectivity index (χ0v) is 21.0. The average molecular weight is 537 g/mol. The molecule has 13 nitrogen and oxygen atoms in total. The molecule has 2 rings (SSSR count). The van der Waals surface area contributed by atoms with Crippen LogP contribution in [0.5, 0.6) is 0 Å². The number of carbonyl (C=O) groups excluding carboxylic acids is 4. The van der Waals surface area contributed by atoms with Crippen LogP contribution < -0.4 is 27.4 Å². The lowest BCUT2D eigenvalue weighted by Gasteiger charge is -2.24. The van der Waals surface area contributed by atoms with Crippen LogP contribution in [0.1, 0.15) is 25.3 Å². The Kier molecular flexibility index (Phi) is 10.9. The van der Waals surface area contributed by atoms with Crippen molar-refractivity contribution in [1.29, 1.82) is 0 Å². The van der Waals surface area contributed by atoms with E-state index in [1.807, 2.05) is 24.3 Å². The van der Waals surface area contributed by atoms with Gasteiger partial charge in [0.1, 0.15) is 24.2 Å². The van der Waals surface area contributed by atoms with Crippen LogP contribution >= 0.6 is 12.6 Å². The number of hydrogen-bond acceptors (Lipinski definition) is 8. The van der Waals surface area contributed by atoms with Gasteiger partial charge in [-0.3, -0.25) is 19.2 Å². The quantitative estimate of drug-likeness (QED) is 0.124. The van der Waals surface area contributed by atoms with Crippen LogP contribution in [0.25, 0.3) is 10.9 Å². The van der Waals surface area contributed by atoms with Crippen LogP contribution in [-0.4, -0.2) is 80.8 Å². The summed E-state index contributed by atoms with van der Waals surface area (Å²) < 4.78 is 0. The summed E-state index contributed by atoms with van der Waals surface area (Å²) in [4.78, 5) is 64.1. The number of nitrogens with one attached hydrogen (secondary N) is 4. The number of primary amides is 1. The Bertz CT molecular complexity index is 1140. The number of aliphatic hydroxyl groups excluding tert-OH is 1. The van der Waals surface area contributed by atoms with Gasteiger partial charge in [-0.1, -0.05) is 18.2 Å². The summed E-state index contributed by atoms with van der Waals surface area (Å²) in [5.74, 6) is -4.70. The minimum absolute atomic E-state index is 0.0210. The molecule has 10 N–H and O–H groups in total. The van der Waals surface area contributed by atoms with E-state index in [2.05, 4.69) is 33.6 Å². The van der Waals surface area contributed by atoms with Gasteiger partial charge < -0.3 is 42.6 Å². The minimum atomic E-state index is -1.34. The Morgan fingerprint density at radius 1 is 1.00 bits per heavy atom. The SMILES string of the molecule is CC(O)C(N)C(=O)NC(CCC(N)=O)C(=O)NC(CS)C(=O)NC(Cc1c[nH]c2ccccc12)C(=O)O. The fourth-order valence-corrected chi connectivity index (χ4v) is 3.76. The number of para-hydroxylation sites is 1. The van der Waals surface area contributed by atoms with Crippen LogP contribution in [0, 0.1) is 0 Å². The number of aliphatic hydroxyl groups is 1. The smallest absolute Gasteiger partial charge is 0.326 e. The monoisotopic (exact) mass is 536 g/mol. The first-order valence-corrected chi connectivity index (χ1v) is 12.1. The Morgan fingerprint density at radius 2 is 1.59 bits per heavy atom. The molecule has 0 saturated heterocycles. The van der Waals surface area contributed by atoms with E-state index < -0.39 is 59.9 Å². The zero-order valence-electron chi connectivity index (χ0n) is 20.1. The standard InChI is InChI=1S/C23H32N6O7S/c1-11(30)19(25)22(34)27-15(6-7-18(24)31)20(32)29-17(10-37)21(33)28-16(23(35)36)8-12-9-26-14-5-3-2-4-13(12)14/h2-5,9,11,15-17,19,26,30,37H,6-8,10,25H2,1H3,(H2,24,31)(H,27,34)(H,28,33)(H,29,32)(H,35,36). The van der Waals surface area contributed by atoms with Crippen molar-refractivity contribution in [3.63, 3.8) is 0 Å². The van der Waals surface area contributed by atoms with E-state index in [1.165, 1.54) is 6.92 Å². The number of aromatic nitrogens is 1. The van der Waals surface area contributed by atoms with Gasteiger partial charge >= 0.3 is 5.97 Å². The van der Waals surface area contributed by atoms with Crippen LogP contribution in [0.4, 0.5) is 0 Å². The molecule has 5 atom stereocenters. The van der Waals surface area contributed by atoms with Gasteiger partial charge in [-0.25, -0.2) is 4.79 Å². The van der Waals surface area contributed by atoms with E-state index in [0.717, 1.165) is 10.9 Å². The van der Waals surface area contributed by atoms with Crippen molar-refractivity contribution < 1.29 is 34.2 Å². The molecule has 0 aliphatic heterocycles. The van der Waals surface area contributed by atoms with E-state index >= 15 is 0 Å². The summed E-state index contributed by atoms with van der Waals surface area (Å²) in [5.41, 5.74) is 12.2. The highest BCUT2D eigenvalue weighted by Crippen LogP contribution is 2.19. The van der Waals surface area contributed by atoms with Gasteiger partial charge in [0.05, 0.1) is 6.10 Å². The number of thiol groups is 1. The molecule has 0 spiro atoms. The van der Waals surface area contributed by atoms with Crippen molar-refractivity contribution in [3.05, 3.63) is 36.0 Å². The van der Waals surface area contributed by atoms with Crippen molar-refractivity contribution in [3.8, 4) is 0 Å². The molecule has 37 heavy (non-hydrogen) atoms. The first kappa shape index (κ1) is 29.6. The first-order valence-electron chi connectivity index (χ1n) is 11.5. The maximum absolute atomic E-state index is 12.9. The topological polar surface area (TPSA) is 230 Å². The maximum atomic E-state index is 12.9. The number of benzene rings is 1. The number of rotatable bonds is 14. The van der Waals surface area contributed by atoms with Gasteiger partial charge in [0.25, 0.3) is 0 Å². The Labute approximate surface area is 218 Å². The number of hydrogen-bond donors (Lipinski definition) is 9. The summed E-state index contributed by atoms with van der Waals surface area (Å²) in [6, 6.07) is 2.08. The molecule has 1 heterocycles.